The molecule has 74 valence electrons. The number of hydrogen-bond acceptors (Lipinski definition) is 2. The van der Waals surface area contributed by atoms with Gasteiger partial charge in [0.2, 0.25) is 0 Å². The van der Waals surface area contributed by atoms with Gasteiger partial charge in [0.1, 0.15) is 11.6 Å². The molecule has 0 unspecified atom stereocenters. The molecule has 0 radical (unpaired) electrons. The zero-order valence-electron chi connectivity index (χ0n) is 6.84. The molecule has 1 aromatic carbocycles. The van der Waals surface area contributed by atoms with Crippen molar-refractivity contribution < 1.29 is 8.78 Å². The van der Waals surface area contributed by atoms with Crippen molar-refractivity contribution in [3.8, 4) is 0 Å². The van der Waals surface area contributed by atoms with E-state index in [4.69, 9.17) is 11.5 Å². The van der Waals surface area contributed by atoms with Gasteiger partial charge in [-0.3, -0.25) is 0 Å². The molecule has 0 aromatic heterocycles. The second-order valence-corrected chi connectivity index (χ2v) is 2.51. The minimum atomic E-state index is -0.645. The molecular formula is C8H11ClF2N2. The summed E-state index contributed by atoms with van der Waals surface area (Å²) >= 11 is 0. The molecule has 0 heterocycles. The first-order valence-electron chi connectivity index (χ1n) is 3.55. The second-order valence-electron chi connectivity index (χ2n) is 2.51. The standard InChI is InChI=1S/C8H10F2N2.ClH/c9-5-1-2-6(7(10)3-5)8(12)4-11;/h1-3,8H,4,11-12H2;1H/t8-;/m1./s1. The Hall–Kier alpha value is -0.710. The molecule has 13 heavy (non-hydrogen) atoms. The largest absolute Gasteiger partial charge is 0.329 e. The van der Waals surface area contributed by atoms with Crippen LogP contribution in [0.3, 0.4) is 0 Å². The molecule has 1 aromatic rings. The number of nitrogens with two attached hydrogens (primary N) is 2. The van der Waals surface area contributed by atoms with Gasteiger partial charge in [-0.05, 0) is 6.07 Å². The molecular weight excluding hydrogens is 198 g/mol. The van der Waals surface area contributed by atoms with Crippen molar-refractivity contribution in [2.75, 3.05) is 6.54 Å². The van der Waals surface area contributed by atoms with E-state index in [1.54, 1.807) is 0 Å². The van der Waals surface area contributed by atoms with E-state index < -0.39 is 17.7 Å². The van der Waals surface area contributed by atoms with Crippen molar-refractivity contribution in [3.63, 3.8) is 0 Å². The van der Waals surface area contributed by atoms with Crippen molar-refractivity contribution in [1.29, 1.82) is 0 Å². The summed E-state index contributed by atoms with van der Waals surface area (Å²) in [5.41, 5.74) is 10.9. The van der Waals surface area contributed by atoms with Gasteiger partial charge in [-0.15, -0.1) is 12.4 Å². The van der Waals surface area contributed by atoms with E-state index in [-0.39, 0.29) is 24.5 Å². The molecule has 0 aliphatic heterocycles. The zero-order valence-corrected chi connectivity index (χ0v) is 7.65. The average molecular weight is 209 g/mol. The van der Waals surface area contributed by atoms with Crippen LogP contribution in [-0.4, -0.2) is 6.54 Å². The predicted octanol–water partition coefficient (Wildman–Crippen LogP) is 1.35. The molecule has 1 rings (SSSR count). The lowest BCUT2D eigenvalue weighted by Crippen LogP contribution is -2.21. The van der Waals surface area contributed by atoms with E-state index >= 15 is 0 Å². The van der Waals surface area contributed by atoms with Crippen molar-refractivity contribution >= 4 is 12.4 Å². The Bertz CT molecular complexity index is 281. The number of rotatable bonds is 2. The topological polar surface area (TPSA) is 52.0 Å². The number of hydrogen-bond donors (Lipinski definition) is 2. The predicted molar refractivity (Wildman–Crippen MR) is 49.6 cm³/mol. The molecule has 0 fully saturated rings. The highest BCUT2D eigenvalue weighted by Crippen LogP contribution is 2.14. The fourth-order valence-corrected chi connectivity index (χ4v) is 0.929. The minimum Gasteiger partial charge on any atom is -0.329 e. The Labute approximate surface area is 81.3 Å². The average Bonchev–Trinajstić information content (AvgIpc) is 2.03. The van der Waals surface area contributed by atoms with Gasteiger partial charge >= 0.3 is 0 Å². The summed E-state index contributed by atoms with van der Waals surface area (Å²) < 4.78 is 25.3. The van der Waals surface area contributed by atoms with E-state index in [1.807, 2.05) is 0 Å². The van der Waals surface area contributed by atoms with Gasteiger partial charge in [0.05, 0.1) is 0 Å². The second kappa shape index (κ2) is 5.11. The minimum absolute atomic E-state index is 0. The van der Waals surface area contributed by atoms with Crippen molar-refractivity contribution in [3.05, 3.63) is 35.4 Å². The highest BCUT2D eigenvalue weighted by molar-refractivity contribution is 5.85. The van der Waals surface area contributed by atoms with Crippen LogP contribution >= 0.6 is 12.4 Å². The summed E-state index contributed by atoms with van der Waals surface area (Å²) in [5, 5.41) is 0. The third-order valence-electron chi connectivity index (χ3n) is 1.62. The Balaban J connectivity index is 0.00000144. The van der Waals surface area contributed by atoms with Gasteiger partial charge in [0.25, 0.3) is 0 Å². The summed E-state index contributed by atoms with van der Waals surface area (Å²) in [5.74, 6) is -1.26. The van der Waals surface area contributed by atoms with E-state index in [9.17, 15) is 8.78 Å². The quantitative estimate of drug-likeness (QED) is 0.771. The number of benzene rings is 1. The van der Waals surface area contributed by atoms with E-state index in [0.717, 1.165) is 12.1 Å². The first kappa shape index (κ1) is 12.3. The van der Waals surface area contributed by atoms with Crippen LogP contribution in [0.1, 0.15) is 11.6 Å². The monoisotopic (exact) mass is 208 g/mol. The van der Waals surface area contributed by atoms with Gasteiger partial charge in [0, 0.05) is 24.2 Å². The molecule has 0 saturated heterocycles. The lowest BCUT2D eigenvalue weighted by molar-refractivity contribution is 0.556. The molecule has 0 bridgehead atoms. The van der Waals surface area contributed by atoms with Gasteiger partial charge in [-0.2, -0.15) is 0 Å². The van der Waals surface area contributed by atoms with Crippen LogP contribution in [0.25, 0.3) is 0 Å². The molecule has 0 saturated carbocycles. The normalized spacial score (nSPS) is 12.0. The van der Waals surface area contributed by atoms with Crippen LogP contribution in [0.5, 0.6) is 0 Å². The van der Waals surface area contributed by atoms with Crippen molar-refractivity contribution in [2.24, 2.45) is 11.5 Å². The fraction of sp³-hybridized carbons (Fsp3) is 0.250. The maximum atomic E-state index is 12.9. The van der Waals surface area contributed by atoms with E-state index in [0.29, 0.717) is 0 Å². The molecule has 0 spiro atoms. The van der Waals surface area contributed by atoms with Crippen LogP contribution in [0, 0.1) is 11.6 Å². The SMILES string of the molecule is Cl.NC[C@@H](N)c1ccc(F)cc1F. The Morgan fingerprint density at radius 3 is 2.38 bits per heavy atom. The molecule has 1 atom stereocenters. The van der Waals surface area contributed by atoms with Crippen LogP contribution in [0.2, 0.25) is 0 Å². The van der Waals surface area contributed by atoms with Gasteiger partial charge in [-0.25, -0.2) is 8.78 Å². The molecule has 4 N–H and O–H groups in total. The third kappa shape index (κ3) is 2.91. The molecule has 2 nitrogen and oxygen atoms in total. The summed E-state index contributed by atoms with van der Waals surface area (Å²) in [6.45, 7) is 0.141. The maximum Gasteiger partial charge on any atom is 0.130 e. The summed E-state index contributed by atoms with van der Waals surface area (Å²) in [6.07, 6.45) is 0. The van der Waals surface area contributed by atoms with Crippen LogP contribution in [0.15, 0.2) is 18.2 Å². The Kier molecular flexibility index (Phi) is 4.83. The van der Waals surface area contributed by atoms with Crippen molar-refractivity contribution in [2.45, 2.75) is 6.04 Å². The summed E-state index contributed by atoms with van der Waals surface area (Å²) in [7, 11) is 0. The van der Waals surface area contributed by atoms with Gasteiger partial charge < -0.3 is 11.5 Å². The van der Waals surface area contributed by atoms with Crippen LogP contribution in [-0.2, 0) is 0 Å². The number of halogens is 3. The van der Waals surface area contributed by atoms with Crippen molar-refractivity contribution in [1.82, 2.24) is 0 Å². The molecule has 0 aliphatic carbocycles. The van der Waals surface area contributed by atoms with Gasteiger partial charge in [-0.1, -0.05) is 6.07 Å². The maximum absolute atomic E-state index is 12.9. The van der Waals surface area contributed by atoms with Gasteiger partial charge in [0.15, 0.2) is 0 Å². The van der Waals surface area contributed by atoms with E-state index in [2.05, 4.69) is 0 Å². The molecule has 0 amide bonds. The summed E-state index contributed by atoms with van der Waals surface area (Å²) in [4.78, 5) is 0. The Morgan fingerprint density at radius 1 is 1.31 bits per heavy atom. The van der Waals surface area contributed by atoms with Crippen LogP contribution < -0.4 is 11.5 Å². The smallest absolute Gasteiger partial charge is 0.130 e. The molecule has 0 aliphatic rings. The van der Waals surface area contributed by atoms with E-state index in [1.165, 1.54) is 6.07 Å². The Morgan fingerprint density at radius 2 is 1.92 bits per heavy atom. The first-order chi connectivity index (χ1) is 5.65. The highest BCUT2D eigenvalue weighted by Gasteiger charge is 2.09. The highest BCUT2D eigenvalue weighted by atomic mass is 35.5. The third-order valence-corrected chi connectivity index (χ3v) is 1.62. The lowest BCUT2D eigenvalue weighted by Gasteiger charge is -2.09. The van der Waals surface area contributed by atoms with Crippen LogP contribution in [0.4, 0.5) is 8.78 Å². The fourth-order valence-electron chi connectivity index (χ4n) is 0.929. The molecule has 5 heteroatoms. The lowest BCUT2D eigenvalue weighted by atomic mass is 10.1. The first-order valence-corrected chi connectivity index (χ1v) is 3.55. The summed E-state index contributed by atoms with van der Waals surface area (Å²) in [6, 6.07) is 2.70. The zero-order chi connectivity index (χ0) is 9.14.